The van der Waals surface area contributed by atoms with E-state index in [1.807, 2.05) is 31.2 Å². The van der Waals surface area contributed by atoms with Gasteiger partial charge in [-0.1, -0.05) is 84.9 Å². The molecule has 1 aromatic heterocycles. The van der Waals surface area contributed by atoms with Gasteiger partial charge in [0.2, 0.25) is 0 Å². The molecule has 0 atom stereocenters. The van der Waals surface area contributed by atoms with Crippen LogP contribution in [0.3, 0.4) is 0 Å². The van der Waals surface area contributed by atoms with E-state index in [9.17, 15) is 0 Å². The van der Waals surface area contributed by atoms with Crippen LogP contribution in [-0.2, 0) is 0 Å². The number of benzene rings is 4. The predicted molar refractivity (Wildman–Crippen MR) is 113 cm³/mol. The lowest BCUT2D eigenvalue weighted by atomic mass is 9.95. The van der Waals surface area contributed by atoms with Crippen molar-refractivity contribution < 1.29 is 0 Å². The summed E-state index contributed by atoms with van der Waals surface area (Å²) in [6.45, 7) is 1.96. The molecule has 2 heteroatoms. The summed E-state index contributed by atoms with van der Waals surface area (Å²) >= 11 is 0. The number of aryl methyl sites for hydroxylation is 1. The third-order valence-electron chi connectivity index (χ3n) is 4.97. The Morgan fingerprint density at radius 2 is 1.19 bits per heavy atom. The molecule has 0 amide bonds. The zero-order valence-electron chi connectivity index (χ0n) is 15.1. The maximum atomic E-state index is 4.81. The number of rotatable bonds is 2. The quantitative estimate of drug-likeness (QED) is 0.344. The Balaban J connectivity index is 1.86. The largest absolute Gasteiger partial charge is 0.233 e. The fourth-order valence-corrected chi connectivity index (χ4v) is 3.75. The van der Waals surface area contributed by atoms with E-state index < -0.39 is 0 Å². The van der Waals surface area contributed by atoms with E-state index in [1.54, 1.807) is 0 Å². The van der Waals surface area contributed by atoms with E-state index in [1.165, 1.54) is 16.5 Å². The van der Waals surface area contributed by atoms with Gasteiger partial charge in [0.1, 0.15) is 5.82 Å². The lowest BCUT2D eigenvalue weighted by Crippen LogP contribution is -1.95. The lowest BCUT2D eigenvalue weighted by Gasteiger charge is -2.12. The second-order valence-corrected chi connectivity index (χ2v) is 6.71. The second-order valence-electron chi connectivity index (χ2n) is 6.71. The summed E-state index contributed by atoms with van der Waals surface area (Å²) in [6.07, 6.45) is 0. The summed E-state index contributed by atoms with van der Waals surface area (Å²) in [5.41, 5.74) is 5.57. The van der Waals surface area contributed by atoms with E-state index in [0.29, 0.717) is 0 Å². The van der Waals surface area contributed by atoms with Gasteiger partial charge < -0.3 is 0 Å². The van der Waals surface area contributed by atoms with Crippen LogP contribution in [-0.4, -0.2) is 9.97 Å². The van der Waals surface area contributed by atoms with Crippen LogP contribution >= 0.6 is 0 Å². The van der Waals surface area contributed by atoms with Crippen molar-refractivity contribution >= 4 is 21.7 Å². The predicted octanol–water partition coefficient (Wildman–Crippen LogP) is 6.43. The average Bonchev–Trinajstić information content (AvgIpc) is 2.74. The summed E-state index contributed by atoms with van der Waals surface area (Å²) in [6, 6.07) is 31.6. The van der Waals surface area contributed by atoms with Crippen LogP contribution in [0.25, 0.3) is 44.1 Å². The van der Waals surface area contributed by atoms with Crippen molar-refractivity contribution in [1.82, 2.24) is 9.97 Å². The van der Waals surface area contributed by atoms with Gasteiger partial charge >= 0.3 is 0 Å². The topological polar surface area (TPSA) is 25.8 Å². The van der Waals surface area contributed by atoms with Gasteiger partial charge in [-0.05, 0) is 29.5 Å². The number of fused-ring (bicyclic) bond motifs is 3. The minimum atomic E-state index is 0.791. The van der Waals surface area contributed by atoms with E-state index >= 15 is 0 Å². The Morgan fingerprint density at radius 1 is 0.519 bits per heavy atom. The highest BCUT2D eigenvalue weighted by Crippen LogP contribution is 2.35. The summed E-state index contributed by atoms with van der Waals surface area (Å²) in [4.78, 5) is 9.56. The van der Waals surface area contributed by atoms with Crippen molar-refractivity contribution in [2.45, 2.75) is 6.92 Å². The SMILES string of the molecule is Cc1nc(-c2ccccc2)c2ccc3c(-c4ccccc4)cccc3c2n1. The number of nitrogens with zero attached hydrogens (tertiary/aromatic N) is 2. The van der Waals surface area contributed by atoms with Crippen LogP contribution < -0.4 is 0 Å². The van der Waals surface area contributed by atoms with Crippen molar-refractivity contribution in [3.05, 3.63) is 96.8 Å². The van der Waals surface area contributed by atoms with Gasteiger partial charge in [-0.15, -0.1) is 0 Å². The first kappa shape index (κ1) is 15.7. The first-order valence-electron chi connectivity index (χ1n) is 9.12. The molecule has 0 fully saturated rings. The standard InChI is InChI=1S/C25H18N2/c1-17-26-24(19-11-6-3-7-12-19)23-16-15-21-20(18-9-4-2-5-10-18)13-8-14-22(21)25(23)27-17/h2-16H,1H3. The highest BCUT2D eigenvalue weighted by atomic mass is 14.9. The number of hydrogen-bond donors (Lipinski definition) is 0. The Hall–Kier alpha value is -3.52. The molecular formula is C25H18N2. The second kappa shape index (κ2) is 6.33. The maximum absolute atomic E-state index is 4.81. The molecule has 0 spiro atoms. The van der Waals surface area contributed by atoms with Gasteiger partial charge in [0.05, 0.1) is 11.2 Å². The highest BCUT2D eigenvalue weighted by Gasteiger charge is 2.12. The first-order chi connectivity index (χ1) is 13.3. The molecule has 0 aliphatic rings. The third kappa shape index (κ3) is 2.67. The highest BCUT2D eigenvalue weighted by molar-refractivity contribution is 6.13. The molecule has 0 saturated carbocycles. The molecule has 2 nitrogen and oxygen atoms in total. The molecule has 0 aliphatic carbocycles. The van der Waals surface area contributed by atoms with Gasteiger partial charge in [0.15, 0.2) is 0 Å². The van der Waals surface area contributed by atoms with Crippen LogP contribution in [0.4, 0.5) is 0 Å². The van der Waals surface area contributed by atoms with Gasteiger partial charge in [-0.2, -0.15) is 0 Å². The molecule has 5 rings (SSSR count). The molecule has 128 valence electrons. The fourth-order valence-electron chi connectivity index (χ4n) is 3.75. The van der Waals surface area contributed by atoms with Gasteiger partial charge in [0, 0.05) is 16.3 Å². The third-order valence-corrected chi connectivity index (χ3v) is 4.97. The summed E-state index contributed by atoms with van der Waals surface area (Å²) in [7, 11) is 0. The van der Waals surface area contributed by atoms with Crippen LogP contribution in [0.1, 0.15) is 5.82 Å². The molecule has 0 radical (unpaired) electrons. The first-order valence-corrected chi connectivity index (χ1v) is 9.12. The Morgan fingerprint density at radius 3 is 1.93 bits per heavy atom. The Labute approximate surface area is 158 Å². The zero-order chi connectivity index (χ0) is 18.2. The van der Waals surface area contributed by atoms with Crippen molar-refractivity contribution in [1.29, 1.82) is 0 Å². The molecule has 0 bridgehead atoms. The maximum Gasteiger partial charge on any atom is 0.126 e. The normalized spacial score (nSPS) is 11.1. The molecular weight excluding hydrogens is 328 g/mol. The molecule has 0 N–H and O–H groups in total. The molecule has 0 saturated heterocycles. The van der Waals surface area contributed by atoms with Crippen LogP contribution in [0, 0.1) is 6.92 Å². The summed E-state index contributed by atoms with van der Waals surface area (Å²) in [5, 5.41) is 3.47. The summed E-state index contributed by atoms with van der Waals surface area (Å²) in [5.74, 6) is 0.791. The smallest absolute Gasteiger partial charge is 0.126 e. The molecule has 27 heavy (non-hydrogen) atoms. The molecule has 4 aromatic carbocycles. The minimum Gasteiger partial charge on any atom is -0.233 e. The Bertz CT molecular complexity index is 1260. The fraction of sp³-hybridized carbons (Fsp3) is 0.0400. The Kier molecular flexibility index (Phi) is 3.68. The van der Waals surface area contributed by atoms with Crippen LogP contribution in [0.5, 0.6) is 0 Å². The van der Waals surface area contributed by atoms with Crippen molar-refractivity contribution in [2.24, 2.45) is 0 Å². The average molecular weight is 346 g/mol. The molecule has 1 heterocycles. The van der Waals surface area contributed by atoms with Crippen molar-refractivity contribution in [2.75, 3.05) is 0 Å². The zero-order valence-corrected chi connectivity index (χ0v) is 15.1. The van der Waals surface area contributed by atoms with E-state index in [0.717, 1.165) is 33.4 Å². The van der Waals surface area contributed by atoms with Crippen molar-refractivity contribution in [3.63, 3.8) is 0 Å². The van der Waals surface area contributed by atoms with Crippen LogP contribution in [0.15, 0.2) is 91.0 Å². The van der Waals surface area contributed by atoms with Gasteiger partial charge in [-0.25, -0.2) is 9.97 Å². The monoisotopic (exact) mass is 346 g/mol. The number of aromatic nitrogens is 2. The van der Waals surface area contributed by atoms with Gasteiger partial charge in [0.25, 0.3) is 0 Å². The van der Waals surface area contributed by atoms with E-state index in [4.69, 9.17) is 9.97 Å². The van der Waals surface area contributed by atoms with Crippen molar-refractivity contribution in [3.8, 4) is 22.4 Å². The minimum absolute atomic E-state index is 0.791. The molecule has 0 unspecified atom stereocenters. The number of hydrogen-bond acceptors (Lipinski definition) is 2. The molecule has 0 aliphatic heterocycles. The van der Waals surface area contributed by atoms with Crippen LogP contribution in [0.2, 0.25) is 0 Å². The molecule has 5 aromatic rings. The van der Waals surface area contributed by atoms with E-state index in [2.05, 4.69) is 66.7 Å². The summed E-state index contributed by atoms with van der Waals surface area (Å²) < 4.78 is 0. The van der Waals surface area contributed by atoms with E-state index in [-0.39, 0.29) is 0 Å². The lowest BCUT2D eigenvalue weighted by molar-refractivity contribution is 1.10. The van der Waals surface area contributed by atoms with Gasteiger partial charge in [-0.3, -0.25) is 0 Å².